The predicted molar refractivity (Wildman–Crippen MR) is 120 cm³/mol. The Morgan fingerprint density at radius 2 is 0.844 bits per heavy atom. The topological polar surface area (TPSA) is 149 Å². The zero-order valence-electron chi connectivity index (χ0n) is 17.6. The molecule has 0 bridgehead atoms. The van der Waals surface area contributed by atoms with E-state index in [1.165, 1.54) is 12.1 Å². The van der Waals surface area contributed by atoms with E-state index in [1.807, 2.05) is 0 Å². The summed E-state index contributed by atoms with van der Waals surface area (Å²) in [5.41, 5.74) is 2.85. The Morgan fingerprint density at radius 1 is 0.562 bits per heavy atom. The summed E-state index contributed by atoms with van der Waals surface area (Å²) >= 11 is 0. The molecule has 0 heterocycles. The molecule has 174 valence electrons. The van der Waals surface area contributed by atoms with Gasteiger partial charge in [-0.05, 0) is 48.2 Å². The fraction of sp³-hybridized carbons (Fsp3) is 0.182. The van der Waals surface area contributed by atoms with E-state index < -0.39 is 20.2 Å². The maximum atomic E-state index is 10.6. The maximum Gasteiger partial charge on any atom is 0.294 e. The summed E-state index contributed by atoms with van der Waals surface area (Å²) in [7, 11) is -8.07. The molecular weight excluding hydrogens is 456 g/mol. The van der Waals surface area contributed by atoms with Crippen LogP contribution in [0.2, 0.25) is 0 Å². The van der Waals surface area contributed by atoms with Gasteiger partial charge in [-0.15, -0.1) is 0 Å². The van der Waals surface area contributed by atoms with E-state index >= 15 is 0 Å². The highest BCUT2D eigenvalue weighted by atomic mass is 32.2. The van der Waals surface area contributed by atoms with Gasteiger partial charge in [-0.2, -0.15) is 16.8 Å². The molecule has 0 saturated heterocycles. The lowest BCUT2D eigenvalue weighted by atomic mass is 10.1. The van der Waals surface area contributed by atoms with Gasteiger partial charge in [0.2, 0.25) is 0 Å². The zero-order valence-corrected chi connectivity index (χ0v) is 19.2. The first-order valence-corrected chi connectivity index (χ1v) is 12.1. The number of aliphatic hydroxyl groups is 2. The minimum absolute atomic E-state index is 0.0278. The molecule has 10 heteroatoms. The fourth-order valence-electron chi connectivity index (χ4n) is 2.44. The normalized spacial score (nSPS) is 10.9. The van der Waals surface area contributed by atoms with Crippen LogP contribution < -0.4 is 0 Å². The standard InChI is InChI=1S/C8H10O2.2C7H8O3S/c9-5-7-1-2-8(6-10)4-3-7;2*1-6-4-2-3-5-7(6)11(8,9)10/h1-4,9-10H,5-6H2;2*2-5H,1H3,(H,8,9,10). The van der Waals surface area contributed by atoms with E-state index in [0.717, 1.165) is 11.1 Å². The Balaban J connectivity index is 0.000000240. The number of rotatable bonds is 4. The number of hydrogen-bond acceptors (Lipinski definition) is 6. The molecule has 4 N–H and O–H groups in total. The molecule has 0 spiro atoms. The lowest BCUT2D eigenvalue weighted by molar-refractivity contribution is 0.278. The molecule has 0 atom stereocenters. The van der Waals surface area contributed by atoms with Gasteiger partial charge in [0, 0.05) is 0 Å². The van der Waals surface area contributed by atoms with Crippen molar-refractivity contribution in [2.24, 2.45) is 0 Å². The van der Waals surface area contributed by atoms with Crippen LogP contribution in [0.5, 0.6) is 0 Å². The second kappa shape index (κ2) is 12.4. The second-order valence-electron chi connectivity index (χ2n) is 6.61. The number of aryl methyl sites for hydroxylation is 2. The number of benzene rings is 3. The van der Waals surface area contributed by atoms with Crippen LogP contribution in [0.3, 0.4) is 0 Å². The molecule has 3 rings (SSSR count). The van der Waals surface area contributed by atoms with Crippen molar-refractivity contribution in [3.63, 3.8) is 0 Å². The van der Waals surface area contributed by atoms with Crippen molar-refractivity contribution in [1.29, 1.82) is 0 Å². The Hall–Kier alpha value is -2.60. The minimum atomic E-state index is -4.03. The van der Waals surface area contributed by atoms with Crippen molar-refractivity contribution in [2.45, 2.75) is 36.9 Å². The molecule has 0 aliphatic carbocycles. The van der Waals surface area contributed by atoms with E-state index in [4.69, 9.17) is 19.3 Å². The maximum absolute atomic E-state index is 10.6. The second-order valence-corrected chi connectivity index (χ2v) is 9.39. The van der Waals surface area contributed by atoms with E-state index in [0.29, 0.717) is 11.1 Å². The third kappa shape index (κ3) is 9.27. The van der Waals surface area contributed by atoms with E-state index in [2.05, 4.69) is 0 Å². The molecule has 32 heavy (non-hydrogen) atoms. The first kappa shape index (κ1) is 27.4. The summed E-state index contributed by atoms with van der Waals surface area (Å²) < 4.78 is 59.7. The average molecular weight is 483 g/mol. The summed E-state index contributed by atoms with van der Waals surface area (Å²) in [6.07, 6.45) is 0. The summed E-state index contributed by atoms with van der Waals surface area (Å²) in [5, 5.41) is 17.3. The third-order valence-corrected chi connectivity index (χ3v) is 6.16. The number of aliphatic hydroxyl groups excluding tert-OH is 2. The van der Waals surface area contributed by atoms with Crippen molar-refractivity contribution in [3.8, 4) is 0 Å². The van der Waals surface area contributed by atoms with Crippen LogP contribution in [0, 0.1) is 13.8 Å². The molecule has 0 aliphatic heterocycles. The summed E-state index contributed by atoms with van der Waals surface area (Å²) in [6, 6.07) is 19.7. The van der Waals surface area contributed by atoms with Crippen LogP contribution in [0.4, 0.5) is 0 Å². The largest absolute Gasteiger partial charge is 0.392 e. The van der Waals surface area contributed by atoms with Gasteiger partial charge in [0.25, 0.3) is 20.2 Å². The minimum Gasteiger partial charge on any atom is -0.392 e. The van der Waals surface area contributed by atoms with E-state index in [-0.39, 0.29) is 23.0 Å². The van der Waals surface area contributed by atoms with Crippen LogP contribution in [-0.2, 0) is 33.5 Å². The summed E-state index contributed by atoms with van der Waals surface area (Å²) in [4.78, 5) is -0.0556. The molecule has 0 saturated carbocycles. The Bertz CT molecular complexity index is 1110. The summed E-state index contributed by atoms with van der Waals surface area (Å²) in [5.74, 6) is 0. The molecule has 0 aromatic heterocycles. The summed E-state index contributed by atoms with van der Waals surface area (Å²) in [6.45, 7) is 3.38. The van der Waals surface area contributed by atoms with Gasteiger partial charge in [0.15, 0.2) is 0 Å². The molecule has 0 unspecified atom stereocenters. The lowest BCUT2D eigenvalue weighted by Crippen LogP contribution is -1.99. The van der Waals surface area contributed by atoms with Crippen LogP contribution in [0.15, 0.2) is 82.6 Å². The van der Waals surface area contributed by atoms with Crippen LogP contribution >= 0.6 is 0 Å². The third-order valence-electron chi connectivity index (χ3n) is 4.13. The fourth-order valence-corrected chi connectivity index (χ4v) is 3.89. The average Bonchev–Trinajstić information content (AvgIpc) is 2.74. The van der Waals surface area contributed by atoms with Crippen molar-refractivity contribution in [3.05, 3.63) is 95.1 Å². The molecule has 3 aromatic carbocycles. The first-order valence-electron chi connectivity index (χ1n) is 9.26. The van der Waals surface area contributed by atoms with Gasteiger partial charge in [0.1, 0.15) is 0 Å². The van der Waals surface area contributed by atoms with Crippen molar-refractivity contribution in [1.82, 2.24) is 0 Å². The molecule has 0 aliphatic rings. The zero-order chi connectivity index (χ0) is 24.4. The van der Waals surface area contributed by atoms with Crippen molar-refractivity contribution < 1.29 is 36.2 Å². The lowest BCUT2D eigenvalue weighted by Gasteiger charge is -1.99. The van der Waals surface area contributed by atoms with Gasteiger partial charge in [-0.3, -0.25) is 9.11 Å². The van der Waals surface area contributed by atoms with Crippen molar-refractivity contribution in [2.75, 3.05) is 0 Å². The Labute approximate surface area is 188 Å². The van der Waals surface area contributed by atoms with Crippen molar-refractivity contribution >= 4 is 20.2 Å². The van der Waals surface area contributed by atoms with Crippen LogP contribution in [0.1, 0.15) is 22.3 Å². The first-order chi connectivity index (χ1) is 14.9. The van der Waals surface area contributed by atoms with Crippen LogP contribution in [0.25, 0.3) is 0 Å². The smallest absolute Gasteiger partial charge is 0.294 e. The molecule has 0 amide bonds. The monoisotopic (exact) mass is 482 g/mol. The van der Waals surface area contributed by atoms with E-state index in [1.54, 1.807) is 74.5 Å². The molecule has 8 nitrogen and oxygen atoms in total. The highest BCUT2D eigenvalue weighted by molar-refractivity contribution is 7.86. The molecular formula is C22H26O8S2. The van der Waals surface area contributed by atoms with Gasteiger partial charge >= 0.3 is 0 Å². The number of hydrogen-bond donors (Lipinski definition) is 4. The predicted octanol–water partition coefficient (Wildman–Crippen LogP) is 3.15. The highest BCUT2D eigenvalue weighted by Crippen LogP contribution is 2.13. The van der Waals surface area contributed by atoms with E-state index in [9.17, 15) is 16.8 Å². The molecule has 0 radical (unpaired) electrons. The van der Waals surface area contributed by atoms with Gasteiger partial charge < -0.3 is 10.2 Å². The van der Waals surface area contributed by atoms with Gasteiger partial charge in [-0.1, -0.05) is 60.7 Å². The van der Waals surface area contributed by atoms with Gasteiger partial charge in [-0.25, -0.2) is 0 Å². The molecule has 0 fully saturated rings. The SMILES string of the molecule is Cc1ccccc1S(=O)(=O)O.Cc1ccccc1S(=O)(=O)O.OCc1ccc(CO)cc1. The quantitative estimate of drug-likeness (QED) is 0.414. The molecule has 3 aromatic rings. The Morgan fingerprint density at radius 3 is 1.03 bits per heavy atom. The Kier molecular flexibility index (Phi) is 10.7. The highest BCUT2D eigenvalue weighted by Gasteiger charge is 2.11. The van der Waals surface area contributed by atoms with Gasteiger partial charge in [0.05, 0.1) is 23.0 Å². The van der Waals surface area contributed by atoms with Crippen LogP contribution in [-0.4, -0.2) is 36.2 Å².